The number of hydrogen-bond donors (Lipinski definition) is 1. The van der Waals surface area contributed by atoms with E-state index in [9.17, 15) is 0 Å². The zero-order valence-electron chi connectivity index (χ0n) is 9.95. The molecule has 2 N–H and O–H groups in total. The fourth-order valence-electron chi connectivity index (χ4n) is 1.62. The van der Waals surface area contributed by atoms with Crippen LogP contribution in [0.5, 0.6) is 0 Å². The molecule has 5 heteroatoms. The summed E-state index contributed by atoms with van der Waals surface area (Å²) in [4.78, 5) is 8.42. The Balaban J connectivity index is 2.24. The van der Waals surface area contributed by atoms with Crippen molar-refractivity contribution in [3.05, 3.63) is 53.3 Å². The van der Waals surface area contributed by atoms with Gasteiger partial charge in [-0.15, -0.1) is 0 Å². The molecule has 0 aliphatic rings. The van der Waals surface area contributed by atoms with E-state index in [2.05, 4.69) is 9.97 Å². The molecule has 2 aromatic rings. The summed E-state index contributed by atoms with van der Waals surface area (Å²) in [5.74, 6) is 0. The fourth-order valence-corrected chi connectivity index (χ4v) is 2.79. The smallest absolute Gasteiger partial charge is 0.188 e. The maximum atomic E-state index is 6.05. The van der Waals surface area contributed by atoms with Crippen LogP contribution < -0.4 is 5.73 Å². The first-order chi connectivity index (χ1) is 8.66. The van der Waals surface area contributed by atoms with Gasteiger partial charge in [-0.25, -0.2) is 9.97 Å². The van der Waals surface area contributed by atoms with E-state index in [1.807, 2.05) is 31.2 Å². The molecule has 0 spiro atoms. The summed E-state index contributed by atoms with van der Waals surface area (Å²) < 4.78 is 0. The van der Waals surface area contributed by atoms with Crippen LogP contribution in [0.3, 0.4) is 0 Å². The Morgan fingerprint density at radius 3 is 2.56 bits per heavy atom. The van der Waals surface area contributed by atoms with E-state index < -0.39 is 0 Å². The minimum Gasteiger partial charge on any atom is -0.327 e. The SMILES string of the molecule is CC(N)C(Sc1ncccn1)c1cccc(Cl)c1. The van der Waals surface area contributed by atoms with E-state index in [1.54, 1.807) is 30.2 Å². The predicted molar refractivity (Wildman–Crippen MR) is 75.7 cm³/mol. The van der Waals surface area contributed by atoms with Gasteiger partial charge in [0, 0.05) is 23.5 Å². The lowest BCUT2D eigenvalue weighted by molar-refractivity contribution is 0.718. The Labute approximate surface area is 116 Å². The maximum absolute atomic E-state index is 6.05. The van der Waals surface area contributed by atoms with Gasteiger partial charge in [-0.2, -0.15) is 0 Å². The molecule has 2 atom stereocenters. The summed E-state index contributed by atoms with van der Waals surface area (Å²) in [7, 11) is 0. The fraction of sp³-hybridized carbons (Fsp3) is 0.231. The summed E-state index contributed by atoms with van der Waals surface area (Å²) in [6.07, 6.45) is 3.46. The van der Waals surface area contributed by atoms with Gasteiger partial charge in [-0.05, 0) is 30.7 Å². The van der Waals surface area contributed by atoms with Crippen LogP contribution in [0.2, 0.25) is 5.02 Å². The third-order valence-corrected chi connectivity index (χ3v) is 4.04. The largest absolute Gasteiger partial charge is 0.327 e. The first kappa shape index (κ1) is 13.3. The second kappa shape index (κ2) is 6.18. The van der Waals surface area contributed by atoms with Gasteiger partial charge in [0.25, 0.3) is 0 Å². The van der Waals surface area contributed by atoms with Crippen LogP contribution >= 0.6 is 23.4 Å². The molecular formula is C13H14ClN3S. The van der Waals surface area contributed by atoms with Crippen LogP contribution in [0.15, 0.2) is 47.9 Å². The third kappa shape index (κ3) is 3.45. The number of thioether (sulfide) groups is 1. The van der Waals surface area contributed by atoms with Crippen LogP contribution in [-0.2, 0) is 0 Å². The monoisotopic (exact) mass is 279 g/mol. The second-order valence-electron chi connectivity index (χ2n) is 3.98. The molecule has 0 fully saturated rings. The lowest BCUT2D eigenvalue weighted by atomic mass is 10.1. The molecule has 0 aliphatic heterocycles. The molecule has 18 heavy (non-hydrogen) atoms. The van der Waals surface area contributed by atoms with Crippen molar-refractivity contribution in [2.24, 2.45) is 5.73 Å². The van der Waals surface area contributed by atoms with Crippen molar-refractivity contribution in [2.75, 3.05) is 0 Å². The second-order valence-corrected chi connectivity index (χ2v) is 5.53. The average Bonchev–Trinajstić information content (AvgIpc) is 2.37. The highest BCUT2D eigenvalue weighted by molar-refractivity contribution is 7.99. The highest BCUT2D eigenvalue weighted by atomic mass is 35.5. The Morgan fingerprint density at radius 1 is 1.22 bits per heavy atom. The van der Waals surface area contributed by atoms with Crippen LogP contribution in [0.1, 0.15) is 17.7 Å². The number of benzene rings is 1. The number of halogens is 1. The summed E-state index contributed by atoms with van der Waals surface area (Å²) in [5, 5.41) is 1.53. The van der Waals surface area contributed by atoms with Crippen molar-refractivity contribution in [3.8, 4) is 0 Å². The molecule has 1 heterocycles. The van der Waals surface area contributed by atoms with Crippen molar-refractivity contribution in [1.29, 1.82) is 0 Å². The van der Waals surface area contributed by atoms with Gasteiger partial charge < -0.3 is 5.73 Å². The van der Waals surface area contributed by atoms with Gasteiger partial charge in [0.05, 0.1) is 5.25 Å². The molecule has 1 aromatic heterocycles. The molecule has 0 bridgehead atoms. The van der Waals surface area contributed by atoms with Gasteiger partial charge in [-0.3, -0.25) is 0 Å². The van der Waals surface area contributed by atoms with E-state index in [1.165, 1.54) is 0 Å². The van der Waals surface area contributed by atoms with Gasteiger partial charge in [0.1, 0.15) is 0 Å². The molecule has 0 amide bonds. The van der Waals surface area contributed by atoms with Crippen molar-refractivity contribution in [1.82, 2.24) is 9.97 Å². The normalized spacial score (nSPS) is 14.2. The Hall–Kier alpha value is -1.10. The van der Waals surface area contributed by atoms with Crippen LogP contribution in [0, 0.1) is 0 Å². The minimum atomic E-state index is -0.0164. The lowest BCUT2D eigenvalue weighted by Crippen LogP contribution is -2.22. The standard InChI is InChI=1S/C13H14ClN3S/c1-9(15)12(10-4-2-5-11(14)8-10)18-13-16-6-3-7-17-13/h2-9,12H,15H2,1H3. The zero-order valence-corrected chi connectivity index (χ0v) is 11.5. The molecule has 1 aromatic carbocycles. The highest BCUT2D eigenvalue weighted by Crippen LogP contribution is 2.35. The highest BCUT2D eigenvalue weighted by Gasteiger charge is 2.19. The van der Waals surface area contributed by atoms with Gasteiger partial charge in [-0.1, -0.05) is 35.5 Å². The van der Waals surface area contributed by atoms with E-state index in [-0.39, 0.29) is 11.3 Å². The molecule has 2 rings (SSSR count). The molecular weight excluding hydrogens is 266 g/mol. The molecule has 0 saturated heterocycles. The minimum absolute atomic E-state index is 0.0164. The lowest BCUT2D eigenvalue weighted by Gasteiger charge is -2.19. The number of nitrogens with two attached hydrogens (primary N) is 1. The third-order valence-electron chi connectivity index (χ3n) is 2.43. The van der Waals surface area contributed by atoms with Gasteiger partial charge >= 0.3 is 0 Å². The van der Waals surface area contributed by atoms with E-state index in [0.29, 0.717) is 5.02 Å². The van der Waals surface area contributed by atoms with E-state index in [0.717, 1.165) is 10.7 Å². The van der Waals surface area contributed by atoms with Gasteiger partial charge in [0.2, 0.25) is 0 Å². The van der Waals surface area contributed by atoms with Crippen LogP contribution in [0.4, 0.5) is 0 Å². The Bertz CT molecular complexity index is 505. The molecule has 0 saturated carbocycles. The molecule has 3 nitrogen and oxygen atoms in total. The number of aromatic nitrogens is 2. The Morgan fingerprint density at radius 2 is 1.94 bits per heavy atom. The summed E-state index contributed by atoms with van der Waals surface area (Å²) in [6, 6.07) is 9.52. The topological polar surface area (TPSA) is 51.8 Å². The van der Waals surface area contributed by atoms with E-state index in [4.69, 9.17) is 17.3 Å². The number of nitrogens with zero attached hydrogens (tertiary/aromatic N) is 2. The quantitative estimate of drug-likeness (QED) is 0.689. The molecule has 0 radical (unpaired) electrons. The number of hydrogen-bond acceptors (Lipinski definition) is 4. The summed E-state index contributed by atoms with van der Waals surface area (Å²) in [5.41, 5.74) is 7.14. The average molecular weight is 280 g/mol. The van der Waals surface area contributed by atoms with Gasteiger partial charge in [0.15, 0.2) is 5.16 Å². The summed E-state index contributed by atoms with van der Waals surface area (Å²) >= 11 is 7.57. The van der Waals surface area contributed by atoms with Crippen LogP contribution in [-0.4, -0.2) is 16.0 Å². The Kier molecular flexibility index (Phi) is 4.58. The van der Waals surface area contributed by atoms with E-state index >= 15 is 0 Å². The number of rotatable bonds is 4. The van der Waals surface area contributed by atoms with Crippen molar-refractivity contribution in [3.63, 3.8) is 0 Å². The first-order valence-electron chi connectivity index (χ1n) is 5.61. The maximum Gasteiger partial charge on any atom is 0.188 e. The first-order valence-corrected chi connectivity index (χ1v) is 6.87. The predicted octanol–water partition coefficient (Wildman–Crippen LogP) is 3.31. The molecule has 2 unspecified atom stereocenters. The van der Waals surface area contributed by atoms with Crippen molar-refractivity contribution >= 4 is 23.4 Å². The van der Waals surface area contributed by atoms with Crippen molar-refractivity contribution in [2.45, 2.75) is 23.4 Å². The van der Waals surface area contributed by atoms with Crippen molar-refractivity contribution < 1.29 is 0 Å². The van der Waals surface area contributed by atoms with Crippen LogP contribution in [0.25, 0.3) is 0 Å². The zero-order chi connectivity index (χ0) is 13.0. The molecule has 94 valence electrons. The molecule has 0 aliphatic carbocycles. The summed E-state index contributed by atoms with van der Waals surface area (Å²) in [6.45, 7) is 1.97.